The molecule has 0 atom stereocenters. The molecule has 1 heterocycles. The van der Waals surface area contributed by atoms with E-state index in [2.05, 4.69) is 74.9 Å². The smallest absolute Gasteiger partial charge is 0.231 e. The topological polar surface area (TPSA) is 16.8 Å². The summed E-state index contributed by atoms with van der Waals surface area (Å²) in [5.74, 6) is 0.537. The van der Waals surface area contributed by atoms with Gasteiger partial charge in [0.25, 0.3) is 0 Å². The van der Waals surface area contributed by atoms with Crippen LogP contribution < -0.4 is 4.57 Å². The lowest BCUT2D eigenvalue weighted by Crippen LogP contribution is -2.36. The second kappa shape index (κ2) is 5.55. The maximum Gasteiger partial charge on any atom is 0.231 e. The van der Waals surface area contributed by atoms with E-state index >= 15 is 0 Å². The number of nitrogens with zero attached hydrogens (tertiary/aromatic N) is 2. The van der Waals surface area contributed by atoms with Crippen molar-refractivity contribution in [2.75, 3.05) is 0 Å². The third-order valence-electron chi connectivity index (χ3n) is 5.21. The number of aryl methyl sites for hydroxylation is 1. The van der Waals surface area contributed by atoms with Crippen molar-refractivity contribution in [2.45, 2.75) is 33.1 Å². The third kappa shape index (κ3) is 2.17. The maximum absolute atomic E-state index is 4.86. The van der Waals surface area contributed by atoms with Crippen LogP contribution in [-0.2, 0) is 13.5 Å². The van der Waals surface area contributed by atoms with Crippen LogP contribution in [0.25, 0.3) is 22.5 Å². The molecule has 0 amide bonds. The Bertz CT molecular complexity index is 939. The molecule has 0 radical (unpaired) electrons. The summed E-state index contributed by atoms with van der Waals surface area (Å²) < 4.78 is 2.33. The van der Waals surface area contributed by atoms with Crippen LogP contribution in [0, 0.1) is 6.92 Å². The maximum atomic E-state index is 4.86. The minimum absolute atomic E-state index is 0.537. The highest BCUT2D eigenvalue weighted by atomic mass is 15.0. The first-order valence-corrected chi connectivity index (χ1v) is 8.64. The first-order chi connectivity index (χ1) is 11.6. The summed E-state index contributed by atoms with van der Waals surface area (Å²) >= 11 is 0. The average molecular weight is 315 g/mol. The molecule has 0 fully saturated rings. The van der Waals surface area contributed by atoms with Gasteiger partial charge in [0.1, 0.15) is 18.9 Å². The van der Waals surface area contributed by atoms with Crippen molar-refractivity contribution in [3.63, 3.8) is 0 Å². The molecule has 1 aliphatic carbocycles. The summed E-state index contributed by atoms with van der Waals surface area (Å²) in [4.78, 5) is 4.86. The van der Waals surface area contributed by atoms with Crippen molar-refractivity contribution in [3.05, 3.63) is 71.0 Å². The van der Waals surface area contributed by atoms with Gasteiger partial charge in [0.15, 0.2) is 0 Å². The normalized spacial score (nSPS) is 12.4. The Morgan fingerprint density at radius 1 is 1.00 bits per heavy atom. The Labute approximate surface area is 143 Å². The lowest BCUT2D eigenvalue weighted by molar-refractivity contribution is -0.667. The molecule has 0 aliphatic heterocycles. The Hall–Kier alpha value is -2.48. The van der Waals surface area contributed by atoms with Gasteiger partial charge in [-0.2, -0.15) is 4.57 Å². The van der Waals surface area contributed by atoms with Gasteiger partial charge in [0.2, 0.25) is 11.4 Å². The summed E-state index contributed by atoms with van der Waals surface area (Å²) in [6, 6.07) is 15.2. The molecule has 4 rings (SSSR count). The first kappa shape index (κ1) is 15.1. The lowest BCUT2D eigenvalue weighted by atomic mass is 9.94. The van der Waals surface area contributed by atoms with Gasteiger partial charge in [-0.05, 0) is 35.6 Å². The Kier molecular flexibility index (Phi) is 3.49. The zero-order chi connectivity index (χ0) is 16.8. The molecule has 0 saturated heterocycles. The number of rotatable bonds is 2. The molecule has 1 aromatic heterocycles. The second-order valence-electron chi connectivity index (χ2n) is 7.02. The molecule has 3 aromatic rings. The molecule has 0 spiro atoms. The molecule has 2 aromatic carbocycles. The Balaban J connectivity index is 1.90. The van der Waals surface area contributed by atoms with Crippen molar-refractivity contribution < 1.29 is 4.57 Å². The first-order valence-electron chi connectivity index (χ1n) is 8.64. The fraction of sp³-hybridized carbons (Fsp3) is 0.273. The van der Waals surface area contributed by atoms with Crippen LogP contribution in [0.5, 0.6) is 0 Å². The van der Waals surface area contributed by atoms with E-state index < -0.39 is 0 Å². The molecular formula is C22H23N2+. The van der Waals surface area contributed by atoms with Crippen LogP contribution in [0.3, 0.4) is 0 Å². The zero-order valence-electron chi connectivity index (χ0n) is 14.8. The molecule has 0 saturated carbocycles. The summed E-state index contributed by atoms with van der Waals surface area (Å²) in [5.41, 5.74) is 10.4. The van der Waals surface area contributed by atoms with E-state index in [4.69, 9.17) is 4.98 Å². The molecule has 120 valence electrons. The van der Waals surface area contributed by atoms with Crippen molar-refractivity contribution >= 4 is 0 Å². The van der Waals surface area contributed by atoms with E-state index in [1.54, 1.807) is 0 Å². The average Bonchev–Trinajstić information content (AvgIpc) is 2.95. The van der Waals surface area contributed by atoms with Crippen molar-refractivity contribution in [2.24, 2.45) is 7.05 Å². The standard InChI is InChI=1S/C22H23N2/c1-14(2)16-10-7-11-18-19(16)12-20-22(18)23-13-21(24(20)4)17-9-6-5-8-15(17)3/h5-11,13-14H,12H2,1-4H3/q+1. The van der Waals surface area contributed by atoms with Crippen LogP contribution in [0.15, 0.2) is 48.7 Å². The van der Waals surface area contributed by atoms with Crippen LogP contribution in [0.4, 0.5) is 0 Å². The van der Waals surface area contributed by atoms with Gasteiger partial charge in [-0.25, -0.2) is 4.98 Å². The number of aromatic nitrogens is 2. The van der Waals surface area contributed by atoms with Gasteiger partial charge in [-0.15, -0.1) is 0 Å². The van der Waals surface area contributed by atoms with Crippen LogP contribution in [-0.4, -0.2) is 4.98 Å². The van der Waals surface area contributed by atoms with Gasteiger partial charge in [0, 0.05) is 5.56 Å². The molecular weight excluding hydrogens is 292 g/mol. The van der Waals surface area contributed by atoms with E-state index in [0.29, 0.717) is 5.92 Å². The minimum atomic E-state index is 0.537. The fourth-order valence-corrected chi connectivity index (χ4v) is 3.86. The number of benzene rings is 2. The molecule has 1 aliphatic rings. The monoisotopic (exact) mass is 315 g/mol. The molecule has 0 bridgehead atoms. The Morgan fingerprint density at radius 3 is 2.50 bits per heavy atom. The van der Waals surface area contributed by atoms with E-state index in [1.165, 1.54) is 39.2 Å². The lowest BCUT2D eigenvalue weighted by Gasteiger charge is -2.10. The molecule has 0 unspecified atom stereocenters. The van der Waals surface area contributed by atoms with Crippen molar-refractivity contribution in [1.29, 1.82) is 0 Å². The van der Waals surface area contributed by atoms with Gasteiger partial charge >= 0.3 is 0 Å². The van der Waals surface area contributed by atoms with E-state index in [9.17, 15) is 0 Å². The van der Waals surface area contributed by atoms with Crippen LogP contribution in [0.1, 0.15) is 42.1 Å². The van der Waals surface area contributed by atoms with E-state index in [-0.39, 0.29) is 0 Å². The van der Waals surface area contributed by atoms with Crippen molar-refractivity contribution in [1.82, 2.24) is 4.98 Å². The van der Waals surface area contributed by atoms with Gasteiger partial charge in [-0.3, -0.25) is 0 Å². The number of hydrogen-bond acceptors (Lipinski definition) is 1. The van der Waals surface area contributed by atoms with Gasteiger partial charge < -0.3 is 0 Å². The summed E-state index contributed by atoms with van der Waals surface area (Å²) in [7, 11) is 2.17. The van der Waals surface area contributed by atoms with Crippen LogP contribution in [0.2, 0.25) is 0 Å². The SMILES string of the molecule is Cc1ccccc1-c1cnc2c([n+]1C)Cc1c-2cccc1C(C)C. The highest BCUT2D eigenvalue weighted by Gasteiger charge is 2.31. The van der Waals surface area contributed by atoms with E-state index in [0.717, 1.165) is 12.1 Å². The van der Waals surface area contributed by atoms with Crippen molar-refractivity contribution in [3.8, 4) is 22.5 Å². The largest absolute Gasteiger partial charge is 0.243 e. The predicted octanol–water partition coefficient (Wildman–Crippen LogP) is 4.58. The predicted molar refractivity (Wildman–Crippen MR) is 97.9 cm³/mol. The third-order valence-corrected chi connectivity index (χ3v) is 5.21. The number of fused-ring (bicyclic) bond motifs is 3. The van der Waals surface area contributed by atoms with Crippen LogP contribution >= 0.6 is 0 Å². The molecule has 0 N–H and O–H groups in total. The zero-order valence-corrected chi connectivity index (χ0v) is 14.8. The minimum Gasteiger partial charge on any atom is -0.243 e. The molecule has 24 heavy (non-hydrogen) atoms. The highest BCUT2D eigenvalue weighted by Crippen LogP contribution is 2.38. The van der Waals surface area contributed by atoms with Gasteiger partial charge in [-0.1, -0.05) is 50.2 Å². The summed E-state index contributed by atoms with van der Waals surface area (Å²) in [6.07, 6.45) is 3.00. The fourth-order valence-electron chi connectivity index (χ4n) is 3.86. The second-order valence-corrected chi connectivity index (χ2v) is 7.02. The quantitative estimate of drug-likeness (QED) is 0.495. The summed E-state index contributed by atoms with van der Waals surface area (Å²) in [6.45, 7) is 6.70. The molecule has 2 heteroatoms. The van der Waals surface area contributed by atoms with E-state index in [1.807, 2.05) is 6.20 Å². The summed E-state index contributed by atoms with van der Waals surface area (Å²) in [5, 5.41) is 0. The molecule has 2 nitrogen and oxygen atoms in total. The number of hydrogen-bond donors (Lipinski definition) is 0. The Morgan fingerprint density at radius 2 is 1.75 bits per heavy atom. The highest BCUT2D eigenvalue weighted by molar-refractivity contribution is 5.74. The van der Waals surface area contributed by atoms with Gasteiger partial charge in [0.05, 0.1) is 12.0 Å².